The highest BCUT2D eigenvalue weighted by molar-refractivity contribution is 7.89. The first kappa shape index (κ1) is 13.7. The number of sulfonamides is 1. The van der Waals surface area contributed by atoms with Crippen LogP contribution in [0, 0.1) is 13.8 Å². The summed E-state index contributed by atoms with van der Waals surface area (Å²) in [4.78, 5) is 4.37. The van der Waals surface area contributed by atoms with E-state index in [4.69, 9.17) is 0 Å². The average molecular weight is 280 g/mol. The van der Waals surface area contributed by atoms with Crippen LogP contribution in [0.5, 0.6) is 0 Å². The van der Waals surface area contributed by atoms with Gasteiger partial charge in [-0.15, -0.1) is 0 Å². The van der Waals surface area contributed by atoms with Gasteiger partial charge in [-0.3, -0.25) is 10.1 Å². The summed E-state index contributed by atoms with van der Waals surface area (Å²) in [6, 6.07) is 5.57. The third-order valence-electron chi connectivity index (χ3n) is 2.73. The Labute approximate surface area is 112 Å². The van der Waals surface area contributed by atoms with Crippen LogP contribution in [0.25, 0.3) is 0 Å². The maximum Gasteiger partial charge on any atom is 0.244 e. The quantitative estimate of drug-likeness (QED) is 0.853. The topological polar surface area (TPSA) is 87.7 Å². The predicted molar refractivity (Wildman–Crippen MR) is 71.2 cm³/mol. The average Bonchev–Trinajstić information content (AvgIpc) is 2.70. The van der Waals surface area contributed by atoms with E-state index < -0.39 is 10.0 Å². The Morgan fingerprint density at radius 1 is 1.32 bits per heavy atom. The molecule has 0 unspecified atom stereocenters. The van der Waals surface area contributed by atoms with Crippen molar-refractivity contribution in [2.75, 3.05) is 6.54 Å². The van der Waals surface area contributed by atoms with E-state index in [1.807, 2.05) is 18.2 Å². The molecule has 0 spiro atoms. The maximum atomic E-state index is 12.1. The molecule has 7 heteroatoms. The van der Waals surface area contributed by atoms with Crippen molar-refractivity contribution in [1.82, 2.24) is 19.9 Å². The first-order valence-electron chi connectivity index (χ1n) is 5.92. The largest absolute Gasteiger partial charge is 0.281 e. The van der Waals surface area contributed by atoms with Crippen molar-refractivity contribution in [3.05, 3.63) is 41.5 Å². The van der Waals surface area contributed by atoms with Crippen LogP contribution >= 0.6 is 0 Å². The minimum atomic E-state index is -3.52. The van der Waals surface area contributed by atoms with Crippen molar-refractivity contribution in [3.63, 3.8) is 0 Å². The molecule has 2 N–H and O–H groups in total. The highest BCUT2D eigenvalue weighted by Crippen LogP contribution is 2.15. The third kappa shape index (κ3) is 3.18. The molecule has 0 aromatic carbocycles. The fourth-order valence-electron chi connectivity index (χ4n) is 1.87. The monoisotopic (exact) mass is 280 g/mol. The van der Waals surface area contributed by atoms with Gasteiger partial charge in [0.2, 0.25) is 10.0 Å². The number of aryl methyl sites for hydroxylation is 2. The van der Waals surface area contributed by atoms with Gasteiger partial charge in [0.15, 0.2) is 0 Å². The van der Waals surface area contributed by atoms with E-state index in [2.05, 4.69) is 19.9 Å². The molecular formula is C12H16N4O2S. The van der Waals surface area contributed by atoms with Gasteiger partial charge in [-0.25, -0.2) is 13.1 Å². The van der Waals surface area contributed by atoms with Crippen LogP contribution in [0.1, 0.15) is 17.1 Å². The normalized spacial score (nSPS) is 11.7. The van der Waals surface area contributed by atoms with E-state index in [1.54, 1.807) is 20.0 Å². The molecular weight excluding hydrogens is 264 g/mol. The number of hydrogen-bond donors (Lipinski definition) is 2. The Balaban J connectivity index is 2.03. The van der Waals surface area contributed by atoms with Crippen LogP contribution < -0.4 is 4.72 Å². The number of rotatable bonds is 5. The maximum absolute atomic E-state index is 12.1. The highest BCUT2D eigenvalue weighted by atomic mass is 32.2. The number of pyridine rings is 1. The van der Waals surface area contributed by atoms with Crippen molar-refractivity contribution < 1.29 is 8.42 Å². The molecule has 0 fully saturated rings. The first-order chi connectivity index (χ1) is 9.00. The Morgan fingerprint density at radius 3 is 2.68 bits per heavy atom. The minimum absolute atomic E-state index is 0.230. The molecule has 0 bridgehead atoms. The van der Waals surface area contributed by atoms with Crippen LogP contribution in [-0.4, -0.2) is 30.1 Å². The van der Waals surface area contributed by atoms with Crippen LogP contribution in [0.15, 0.2) is 29.3 Å². The molecule has 0 aliphatic rings. The second kappa shape index (κ2) is 5.50. The summed E-state index contributed by atoms with van der Waals surface area (Å²) >= 11 is 0. The number of aromatic amines is 1. The summed E-state index contributed by atoms with van der Waals surface area (Å²) in [7, 11) is -3.52. The summed E-state index contributed by atoms with van der Waals surface area (Å²) in [6.45, 7) is 3.66. The van der Waals surface area contributed by atoms with Gasteiger partial charge in [-0.1, -0.05) is 6.07 Å². The molecule has 0 saturated heterocycles. The number of nitrogens with zero attached hydrogens (tertiary/aromatic N) is 2. The van der Waals surface area contributed by atoms with Crippen molar-refractivity contribution in [2.24, 2.45) is 0 Å². The predicted octanol–water partition coefficient (Wildman–Crippen LogP) is 0.943. The van der Waals surface area contributed by atoms with Crippen molar-refractivity contribution in [1.29, 1.82) is 0 Å². The lowest BCUT2D eigenvalue weighted by Gasteiger charge is -2.06. The van der Waals surface area contributed by atoms with E-state index in [0.29, 0.717) is 24.4 Å². The molecule has 2 heterocycles. The zero-order valence-corrected chi connectivity index (χ0v) is 11.7. The van der Waals surface area contributed by atoms with E-state index in [1.165, 1.54) is 0 Å². The molecule has 0 saturated carbocycles. The van der Waals surface area contributed by atoms with Gasteiger partial charge < -0.3 is 0 Å². The summed E-state index contributed by atoms with van der Waals surface area (Å²) in [6.07, 6.45) is 2.24. The minimum Gasteiger partial charge on any atom is -0.281 e. The third-order valence-corrected chi connectivity index (χ3v) is 4.45. The second-order valence-corrected chi connectivity index (χ2v) is 5.94. The smallest absolute Gasteiger partial charge is 0.244 e. The summed E-state index contributed by atoms with van der Waals surface area (Å²) in [5.74, 6) is 0. The standard InChI is InChI=1S/C12H16N4O2S/c1-9-12(10(2)16-15-9)19(17,18)14-8-6-11-5-3-4-7-13-11/h3-5,7,14H,6,8H2,1-2H3,(H,15,16). The van der Waals surface area contributed by atoms with Gasteiger partial charge in [0.05, 0.1) is 11.4 Å². The van der Waals surface area contributed by atoms with Crippen LogP contribution in [0.4, 0.5) is 0 Å². The molecule has 0 aliphatic heterocycles. The fourth-order valence-corrected chi connectivity index (χ4v) is 3.27. The fraction of sp³-hybridized carbons (Fsp3) is 0.333. The lowest BCUT2D eigenvalue weighted by Crippen LogP contribution is -2.27. The lowest BCUT2D eigenvalue weighted by molar-refractivity contribution is 0.580. The molecule has 6 nitrogen and oxygen atoms in total. The molecule has 2 aromatic rings. The molecule has 0 radical (unpaired) electrons. The lowest BCUT2D eigenvalue weighted by atomic mass is 10.3. The van der Waals surface area contributed by atoms with Crippen molar-refractivity contribution in [2.45, 2.75) is 25.2 Å². The number of hydrogen-bond acceptors (Lipinski definition) is 4. The molecule has 0 amide bonds. The molecule has 0 aliphatic carbocycles. The zero-order valence-electron chi connectivity index (χ0n) is 10.8. The molecule has 0 atom stereocenters. The van der Waals surface area contributed by atoms with Gasteiger partial charge in [-0.05, 0) is 26.0 Å². The van der Waals surface area contributed by atoms with E-state index in [-0.39, 0.29) is 4.90 Å². The summed E-state index contributed by atoms with van der Waals surface area (Å²) < 4.78 is 26.8. The van der Waals surface area contributed by atoms with Gasteiger partial charge >= 0.3 is 0 Å². The second-order valence-electron chi connectivity index (χ2n) is 4.23. The van der Waals surface area contributed by atoms with Crippen molar-refractivity contribution in [3.8, 4) is 0 Å². The van der Waals surface area contributed by atoms with Gasteiger partial charge in [0.1, 0.15) is 4.90 Å². The van der Waals surface area contributed by atoms with Crippen LogP contribution in [-0.2, 0) is 16.4 Å². The first-order valence-corrected chi connectivity index (χ1v) is 7.40. The molecule has 102 valence electrons. The number of aromatic nitrogens is 3. The molecule has 2 aromatic heterocycles. The highest BCUT2D eigenvalue weighted by Gasteiger charge is 2.21. The molecule has 19 heavy (non-hydrogen) atoms. The summed E-state index contributed by atoms with van der Waals surface area (Å²) in [5, 5.41) is 6.56. The van der Waals surface area contributed by atoms with Crippen molar-refractivity contribution >= 4 is 10.0 Å². The zero-order chi connectivity index (χ0) is 13.9. The Hall–Kier alpha value is -1.73. The van der Waals surface area contributed by atoms with Gasteiger partial charge in [0, 0.05) is 24.9 Å². The number of H-pyrrole nitrogens is 1. The Bertz CT molecular complexity index is 630. The Morgan fingerprint density at radius 2 is 2.11 bits per heavy atom. The van der Waals surface area contributed by atoms with Crippen LogP contribution in [0.3, 0.4) is 0 Å². The SMILES string of the molecule is Cc1n[nH]c(C)c1S(=O)(=O)NCCc1ccccn1. The van der Waals surface area contributed by atoms with E-state index >= 15 is 0 Å². The van der Waals surface area contributed by atoms with Gasteiger partial charge in [-0.2, -0.15) is 5.10 Å². The number of nitrogens with one attached hydrogen (secondary N) is 2. The van der Waals surface area contributed by atoms with E-state index in [9.17, 15) is 8.42 Å². The molecule has 2 rings (SSSR count). The Kier molecular flexibility index (Phi) is 3.96. The van der Waals surface area contributed by atoms with Gasteiger partial charge in [0.25, 0.3) is 0 Å². The van der Waals surface area contributed by atoms with E-state index in [0.717, 1.165) is 5.69 Å². The van der Waals surface area contributed by atoms with Crippen LogP contribution in [0.2, 0.25) is 0 Å². The summed E-state index contributed by atoms with van der Waals surface area (Å²) in [5.41, 5.74) is 1.87.